The van der Waals surface area contributed by atoms with Gasteiger partial charge < -0.3 is 20.8 Å². The maximum Gasteiger partial charge on any atom is 0.320 e. The molecule has 4 N–H and O–H groups in total. The second-order valence-electron chi connectivity index (χ2n) is 8.57. The summed E-state index contributed by atoms with van der Waals surface area (Å²) < 4.78 is 1.26. The number of aryl methyl sites for hydroxylation is 2. The van der Waals surface area contributed by atoms with Crippen LogP contribution >= 0.6 is 0 Å². The molecule has 0 saturated carbocycles. The van der Waals surface area contributed by atoms with Crippen LogP contribution in [0.25, 0.3) is 0 Å². The molecule has 0 saturated heterocycles. The predicted octanol–water partition coefficient (Wildman–Crippen LogP) is 5.60. The summed E-state index contributed by atoms with van der Waals surface area (Å²) >= 11 is 0. The minimum absolute atomic E-state index is 0.132. The normalized spacial score (nSPS) is 11.2. The van der Waals surface area contributed by atoms with E-state index in [1.165, 1.54) is 4.57 Å². The minimum atomic E-state index is -0.438. The van der Waals surface area contributed by atoms with E-state index in [1.54, 1.807) is 26.8 Å². The molecule has 0 amide bonds. The van der Waals surface area contributed by atoms with E-state index in [0.717, 1.165) is 16.8 Å². The molecule has 2 aromatic carbocycles. The molecule has 4 aromatic rings. The average molecular weight is 501 g/mol. The molecular weight excluding hydrogens is 472 g/mol. The zero-order valence-electron chi connectivity index (χ0n) is 21.2. The van der Waals surface area contributed by atoms with E-state index in [9.17, 15) is 15.0 Å². The summed E-state index contributed by atoms with van der Waals surface area (Å²) in [4.78, 5) is 24.6. The number of nitrogens with zero attached hydrogens (tertiary/aromatic N) is 6. The smallest absolute Gasteiger partial charge is 0.320 e. The molecule has 37 heavy (non-hydrogen) atoms. The van der Waals surface area contributed by atoms with E-state index < -0.39 is 6.01 Å². The topological polar surface area (TPSA) is 150 Å². The zero-order chi connectivity index (χ0) is 26.7. The summed E-state index contributed by atoms with van der Waals surface area (Å²) in [5.74, 6) is 0.0896. The first-order valence-corrected chi connectivity index (χ1v) is 11.7. The van der Waals surface area contributed by atoms with Gasteiger partial charge in [0, 0.05) is 23.5 Å². The van der Waals surface area contributed by atoms with Crippen LogP contribution in [0.3, 0.4) is 0 Å². The largest absolute Gasteiger partial charge is 0.493 e. The number of hydrogen-bond acceptors (Lipinski definition) is 10. The Morgan fingerprint density at radius 1 is 0.838 bits per heavy atom. The molecule has 2 heterocycles. The van der Waals surface area contributed by atoms with Crippen LogP contribution in [0.5, 0.6) is 11.9 Å². The fraction of sp³-hybridized carbons (Fsp3) is 0.231. The Balaban J connectivity index is 1.61. The van der Waals surface area contributed by atoms with Gasteiger partial charge in [-0.2, -0.15) is 20.1 Å². The van der Waals surface area contributed by atoms with Crippen LogP contribution in [0.1, 0.15) is 29.2 Å². The first kappa shape index (κ1) is 25.3. The molecule has 0 aliphatic heterocycles. The highest BCUT2D eigenvalue weighted by atomic mass is 16.3. The number of rotatable bonds is 7. The highest BCUT2D eigenvalue weighted by molar-refractivity contribution is 5.64. The predicted molar refractivity (Wildman–Crippen MR) is 142 cm³/mol. The van der Waals surface area contributed by atoms with E-state index in [1.807, 2.05) is 50.2 Å². The lowest BCUT2D eigenvalue weighted by atomic mass is 10.1. The molecule has 0 spiro atoms. The van der Waals surface area contributed by atoms with Gasteiger partial charge in [-0.15, -0.1) is 5.11 Å². The summed E-state index contributed by atoms with van der Waals surface area (Å²) in [5.41, 5.74) is 4.92. The second-order valence-corrected chi connectivity index (χ2v) is 8.57. The Hall–Kier alpha value is -4.80. The number of aromatic nitrogens is 4. The van der Waals surface area contributed by atoms with E-state index in [-0.39, 0.29) is 29.0 Å². The van der Waals surface area contributed by atoms with Crippen LogP contribution in [0, 0.1) is 27.7 Å². The third kappa shape index (κ3) is 5.56. The number of azo groups is 1. The van der Waals surface area contributed by atoms with Crippen LogP contribution < -0.4 is 16.2 Å². The van der Waals surface area contributed by atoms with E-state index in [2.05, 4.69) is 35.8 Å². The molecule has 0 aliphatic carbocycles. The highest BCUT2D eigenvalue weighted by Gasteiger charge is 2.16. The van der Waals surface area contributed by atoms with Crippen molar-refractivity contribution in [3.05, 3.63) is 75.1 Å². The summed E-state index contributed by atoms with van der Waals surface area (Å²) in [6.45, 7) is 9.38. The SMILES string of the molecule is CCn1c(O)c(N=Nc2cc(Nc3nc(O)nc(Nc4ccc(C)cc4)n3)ccc2C)c(C)c(C)c1=O. The zero-order valence-corrected chi connectivity index (χ0v) is 21.2. The van der Waals surface area contributed by atoms with Crippen molar-refractivity contribution in [3.8, 4) is 11.9 Å². The van der Waals surface area contributed by atoms with Crippen LogP contribution in [0.4, 0.5) is 34.6 Å². The van der Waals surface area contributed by atoms with Crippen molar-refractivity contribution in [1.82, 2.24) is 19.5 Å². The van der Waals surface area contributed by atoms with Gasteiger partial charge in [0.2, 0.25) is 17.8 Å². The van der Waals surface area contributed by atoms with Crippen molar-refractivity contribution >= 4 is 34.6 Å². The molecule has 190 valence electrons. The summed E-state index contributed by atoms with van der Waals surface area (Å²) in [6, 6.07) is 12.6. The number of benzene rings is 2. The number of aromatic hydroxyl groups is 2. The molecular formula is C26H28N8O3. The second kappa shape index (κ2) is 10.4. The van der Waals surface area contributed by atoms with Crippen LogP contribution in [-0.4, -0.2) is 29.7 Å². The lowest BCUT2D eigenvalue weighted by Gasteiger charge is -2.12. The maximum atomic E-state index is 12.4. The first-order chi connectivity index (χ1) is 17.7. The fourth-order valence-electron chi connectivity index (χ4n) is 3.62. The van der Waals surface area contributed by atoms with Crippen LogP contribution in [-0.2, 0) is 6.54 Å². The van der Waals surface area contributed by atoms with Crippen molar-refractivity contribution in [3.63, 3.8) is 0 Å². The maximum absolute atomic E-state index is 12.4. The third-order valence-electron chi connectivity index (χ3n) is 5.92. The summed E-state index contributed by atoms with van der Waals surface area (Å²) in [7, 11) is 0. The average Bonchev–Trinajstić information content (AvgIpc) is 2.86. The molecule has 4 rings (SSSR count). The van der Waals surface area contributed by atoms with Gasteiger partial charge >= 0.3 is 6.01 Å². The summed E-state index contributed by atoms with van der Waals surface area (Å²) in [6.07, 6.45) is 0. The van der Waals surface area contributed by atoms with Gasteiger partial charge in [-0.1, -0.05) is 23.8 Å². The standard InChI is InChI=1S/C26H28N8O3/c1-6-34-22(35)17(5)16(4)21(23(34)36)33-32-20-13-19(12-9-15(20)3)28-25-29-24(30-26(37)31-25)27-18-10-7-14(2)8-11-18/h7-13,36H,6H2,1-5H3,(H3,27,28,29,30,31,37). The Morgan fingerprint density at radius 2 is 1.46 bits per heavy atom. The lowest BCUT2D eigenvalue weighted by Crippen LogP contribution is -2.22. The first-order valence-electron chi connectivity index (χ1n) is 11.7. The fourth-order valence-corrected chi connectivity index (χ4v) is 3.62. The molecule has 11 heteroatoms. The molecule has 0 aliphatic rings. The van der Waals surface area contributed by atoms with Gasteiger partial charge in [-0.25, -0.2) is 0 Å². The Kier molecular flexibility index (Phi) is 7.14. The quantitative estimate of drug-likeness (QED) is 0.239. The summed E-state index contributed by atoms with van der Waals surface area (Å²) in [5, 5.41) is 35.3. The van der Waals surface area contributed by atoms with Gasteiger partial charge in [0.1, 0.15) is 5.69 Å². The molecule has 11 nitrogen and oxygen atoms in total. The molecule has 0 unspecified atom stereocenters. The lowest BCUT2D eigenvalue weighted by molar-refractivity contribution is 0.411. The minimum Gasteiger partial charge on any atom is -0.493 e. The van der Waals surface area contributed by atoms with E-state index >= 15 is 0 Å². The highest BCUT2D eigenvalue weighted by Crippen LogP contribution is 2.33. The van der Waals surface area contributed by atoms with Gasteiger partial charge in [-0.05, 0) is 70.0 Å². The Bertz CT molecular complexity index is 1550. The third-order valence-corrected chi connectivity index (χ3v) is 5.92. The van der Waals surface area contributed by atoms with Crippen molar-refractivity contribution in [1.29, 1.82) is 0 Å². The van der Waals surface area contributed by atoms with Crippen molar-refractivity contribution in [2.75, 3.05) is 10.6 Å². The van der Waals surface area contributed by atoms with Gasteiger partial charge in [0.15, 0.2) is 0 Å². The molecule has 0 atom stereocenters. The van der Waals surface area contributed by atoms with Gasteiger partial charge in [0.25, 0.3) is 5.56 Å². The van der Waals surface area contributed by atoms with E-state index in [0.29, 0.717) is 29.0 Å². The molecule has 0 fully saturated rings. The molecule has 0 radical (unpaired) electrons. The number of pyridine rings is 1. The molecule has 0 bridgehead atoms. The van der Waals surface area contributed by atoms with Crippen LogP contribution in [0.2, 0.25) is 0 Å². The number of nitrogens with one attached hydrogen (secondary N) is 2. The number of anilines is 4. The van der Waals surface area contributed by atoms with Gasteiger partial charge in [0.05, 0.1) is 5.69 Å². The van der Waals surface area contributed by atoms with Crippen LogP contribution in [0.15, 0.2) is 57.5 Å². The van der Waals surface area contributed by atoms with Crippen molar-refractivity contribution in [2.24, 2.45) is 10.2 Å². The number of hydrogen-bond donors (Lipinski definition) is 4. The van der Waals surface area contributed by atoms with Gasteiger partial charge in [-0.3, -0.25) is 9.36 Å². The molecule has 2 aromatic heterocycles. The Morgan fingerprint density at radius 3 is 2.11 bits per heavy atom. The van der Waals surface area contributed by atoms with E-state index in [4.69, 9.17) is 0 Å². The van der Waals surface area contributed by atoms with Crippen molar-refractivity contribution in [2.45, 2.75) is 41.2 Å². The Labute approximate surface area is 213 Å². The van der Waals surface area contributed by atoms with Crippen molar-refractivity contribution < 1.29 is 10.2 Å². The monoisotopic (exact) mass is 500 g/mol.